The van der Waals surface area contributed by atoms with Gasteiger partial charge >= 0.3 is 0 Å². The summed E-state index contributed by atoms with van der Waals surface area (Å²) in [7, 11) is 0. The summed E-state index contributed by atoms with van der Waals surface area (Å²) < 4.78 is 5.57. The lowest BCUT2D eigenvalue weighted by atomic mass is 10.0. The average molecular weight is 185 g/mol. The minimum absolute atomic E-state index is 0.334. The van der Waals surface area contributed by atoms with Crippen molar-refractivity contribution in [2.75, 3.05) is 0 Å². The first kappa shape index (κ1) is 8.02. The molecule has 1 heterocycles. The largest absolute Gasteiger partial charge is 0.364 e. The normalized spacial score (nSPS) is 28.2. The molecule has 1 aromatic carbocycles. The quantitative estimate of drug-likeness (QED) is 0.581. The van der Waals surface area contributed by atoms with Crippen LogP contribution in [0.3, 0.4) is 0 Å². The first-order chi connectivity index (χ1) is 6.88. The van der Waals surface area contributed by atoms with E-state index in [1.165, 1.54) is 24.0 Å². The van der Waals surface area contributed by atoms with Gasteiger partial charge in [0.15, 0.2) is 0 Å². The number of benzene rings is 1. The highest BCUT2D eigenvalue weighted by Gasteiger charge is 2.42. The Morgan fingerprint density at radius 2 is 2.36 bits per heavy atom. The molecule has 1 saturated heterocycles. The van der Waals surface area contributed by atoms with Crippen LogP contribution < -0.4 is 0 Å². The monoisotopic (exact) mass is 185 g/mol. The molecule has 0 N–H and O–H groups in total. The summed E-state index contributed by atoms with van der Waals surface area (Å²) in [6, 6.07) is 8.15. The Morgan fingerprint density at radius 1 is 1.43 bits per heavy atom. The molecule has 1 aliphatic heterocycles. The average Bonchev–Trinajstić information content (AvgIpc) is 2.96. The summed E-state index contributed by atoms with van der Waals surface area (Å²) in [6.07, 6.45) is 4.25. The van der Waals surface area contributed by atoms with E-state index in [0.29, 0.717) is 12.2 Å². The molecule has 70 valence electrons. The molecule has 0 saturated carbocycles. The molecule has 2 nitrogen and oxygen atoms in total. The lowest BCUT2D eigenvalue weighted by Gasteiger charge is -2.05. The van der Waals surface area contributed by atoms with Crippen LogP contribution in [0.1, 0.15) is 35.6 Å². The zero-order valence-electron chi connectivity index (χ0n) is 7.86. The Hall–Kier alpha value is -1.33. The van der Waals surface area contributed by atoms with Gasteiger partial charge in [-0.25, -0.2) is 0 Å². The Labute approximate surface area is 83.1 Å². The van der Waals surface area contributed by atoms with Crippen molar-refractivity contribution in [1.29, 1.82) is 5.26 Å². The predicted octanol–water partition coefficient (Wildman–Crippen LogP) is 2.33. The Morgan fingerprint density at radius 3 is 3.21 bits per heavy atom. The maximum Gasteiger partial charge on any atom is 0.109 e. The van der Waals surface area contributed by atoms with E-state index in [-0.39, 0.29) is 0 Å². The molecule has 3 rings (SSSR count). The maximum absolute atomic E-state index is 8.80. The van der Waals surface area contributed by atoms with Gasteiger partial charge in [0.2, 0.25) is 0 Å². The third-order valence-corrected chi connectivity index (χ3v) is 3.10. The van der Waals surface area contributed by atoms with Gasteiger partial charge in [0.1, 0.15) is 6.10 Å². The lowest BCUT2D eigenvalue weighted by molar-refractivity contribution is 0.357. The summed E-state index contributed by atoms with van der Waals surface area (Å²) in [5.41, 5.74) is 3.39. The van der Waals surface area contributed by atoms with Gasteiger partial charge in [0.05, 0.1) is 17.7 Å². The number of epoxide rings is 1. The van der Waals surface area contributed by atoms with Gasteiger partial charge < -0.3 is 4.74 Å². The van der Waals surface area contributed by atoms with Crippen LogP contribution in [0.5, 0.6) is 0 Å². The highest BCUT2D eigenvalue weighted by Crippen LogP contribution is 2.45. The maximum atomic E-state index is 8.80. The van der Waals surface area contributed by atoms with Crippen molar-refractivity contribution >= 4 is 0 Å². The van der Waals surface area contributed by atoms with Gasteiger partial charge in [-0.2, -0.15) is 5.26 Å². The molecular formula is C12H11NO. The number of hydrogen-bond acceptors (Lipinski definition) is 2. The van der Waals surface area contributed by atoms with Gasteiger partial charge in [-0.1, -0.05) is 6.07 Å². The van der Waals surface area contributed by atoms with Crippen molar-refractivity contribution in [2.24, 2.45) is 0 Å². The van der Waals surface area contributed by atoms with Gasteiger partial charge in [-0.05, 0) is 42.5 Å². The summed E-state index contributed by atoms with van der Waals surface area (Å²) in [5.74, 6) is 0. The zero-order valence-corrected chi connectivity index (χ0v) is 7.86. The summed E-state index contributed by atoms with van der Waals surface area (Å²) >= 11 is 0. The number of aryl methyl sites for hydroxylation is 1. The van der Waals surface area contributed by atoms with Gasteiger partial charge in [0.25, 0.3) is 0 Å². The van der Waals surface area contributed by atoms with E-state index in [1.54, 1.807) is 0 Å². The molecule has 2 heteroatoms. The molecule has 0 unspecified atom stereocenters. The van der Waals surface area contributed by atoms with E-state index >= 15 is 0 Å². The first-order valence-corrected chi connectivity index (χ1v) is 5.07. The summed E-state index contributed by atoms with van der Waals surface area (Å²) in [5, 5.41) is 8.80. The molecule has 1 fully saturated rings. The Kier molecular flexibility index (Phi) is 1.62. The molecule has 14 heavy (non-hydrogen) atoms. The van der Waals surface area contributed by atoms with E-state index in [9.17, 15) is 0 Å². The van der Waals surface area contributed by atoms with E-state index in [4.69, 9.17) is 10.00 Å². The smallest absolute Gasteiger partial charge is 0.109 e. The van der Waals surface area contributed by atoms with Crippen molar-refractivity contribution < 1.29 is 4.74 Å². The van der Waals surface area contributed by atoms with Crippen LogP contribution in [0.15, 0.2) is 18.2 Å². The number of ether oxygens (including phenoxy) is 1. The van der Waals surface area contributed by atoms with E-state index < -0.39 is 0 Å². The van der Waals surface area contributed by atoms with Gasteiger partial charge in [0, 0.05) is 0 Å². The predicted molar refractivity (Wildman–Crippen MR) is 51.7 cm³/mol. The summed E-state index contributed by atoms with van der Waals surface area (Å²) in [4.78, 5) is 0. The molecule has 0 radical (unpaired) electrons. The second kappa shape index (κ2) is 2.83. The number of rotatable bonds is 0. The second-order valence-corrected chi connectivity index (χ2v) is 4.01. The van der Waals surface area contributed by atoms with Crippen molar-refractivity contribution in [2.45, 2.75) is 31.5 Å². The second-order valence-electron chi connectivity index (χ2n) is 4.01. The number of nitriles is 1. The highest BCUT2D eigenvalue weighted by atomic mass is 16.6. The Bertz CT molecular complexity index is 419. The van der Waals surface area contributed by atoms with E-state index in [1.807, 2.05) is 12.1 Å². The van der Waals surface area contributed by atoms with Crippen LogP contribution in [-0.4, -0.2) is 6.10 Å². The molecule has 1 aliphatic carbocycles. The zero-order chi connectivity index (χ0) is 9.54. The molecular weight excluding hydrogens is 174 g/mol. The lowest BCUT2D eigenvalue weighted by Crippen LogP contribution is -1.92. The fraction of sp³-hybridized carbons (Fsp3) is 0.417. The highest BCUT2D eigenvalue weighted by molar-refractivity contribution is 5.41. The van der Waals surface area contributed by atoms with E-state index in [2.05, 4.69) is 12.1 Å². The topological polar surface area (TPSA) is 36.3 Å². The van der Waals surface area contributed by atoms with Crippen LogP contribution in [0.2, 0.25) is 0 Å². The molecule has 1 aromatic rings. The summed E-state index contributed by atoms with van der Waals surface area (Å²) in [6.45, 7) is 0. The standard InChI is InChI=1S/C12H11NO/c13-7-8-4-5-10-9(6-8)2-1-3-11-12(10)14-11/h4-6,11-12H,1-3H2/t11-,12+/m0/s1. The molecule has 0 bridgehead atoms. The molecule has 0 amide bonds. The molecule has 2 atom stereocenters. The van der Waals surface area contributed by atoms with Crippen LogP contribution in [-0.2, 0) is 11.2 Å². The Balaban J connectivity index is 2.07. The van der Waals surface area contributed by atoms with E-state index in [0.717, 1.165) is 12.0 Å². The third kappa shape index (κ3) is 1.13. The molecule has 0 spiro atoms. The fourth-order valence-electron chi connectivity index (χ4n) is 2.30. The van der Waals surface area contributed by atoms with Crippen molar-refractivity contribution in [3.05, 3.63) is 34.9 Å². The fourth-order valence-corrected chi connectivity index (χ4v) is 2.30. The molecule has 0 aromatic heterocycles. The van der Waals surface area contributed by atoms with Crippen LogP contribution in [0.25, 0.3) is 0 Å². The third-order valence-electron chi connectivity index (χ3n) is 3.10. The minimum atomic E-state index is 0.334. The number of fused-ring (bicyclic) bond motifs is 3. The van der Waals surface area contributed by atoms with Crippen molar-refractivity contribution in [3.8, 4) is 6.07 Å². The van der Waals surface area contributed by atoms with Gasteiger partial charge in [-0.15, -0.1) is 0 Å². The SMILES string of the molecule is N#Cc1ccc2c(c1)CCC[C@@H]1O[C@H]21. The van der Waals surface area contributed by atoms with Crippen LogP contribution >= 0.6 is 0 Å². The first-order valence-electron chi connectivity index (χ1n) is 5.07. The van der Waals surface area contributed by atoms with Crippen molar-refractivity contribution in [1.82, 2.24) is 0 Å². The number of hydrogen-bond donors (Lipinski definition) is 0. The molecule has 2 aliphatic rings. The van der Waals surface area contributed by atoms with Crippen LogP contribution in [0, 0.1) is 11.3 Å². The minimum Gasteiger partial charge on any atom is -0.364 e. The number of nitrogens with zero attached hydrogens (tertiary/aromatic N) is 1. The van der Waals surface area contributed by atoms with Gasteiger partial charge in [-0.3, -0.25) is 0 Å². The van der Waals surface area contributed by atoms with Crippen molar-refractivity contribution in [3.63, 3.8) is 0 Å². The van der Waals surface area contributed by atoms with Crippen LogP contribution in [0.4, 0.5) is 0 Å².